The van der Waals surface area contributed by atoms with Gasteiger partial charge in [0, 0.05) is 0 Å². The van der Waals surface area contributed by atoms with E-state index in [-0.39, 0.29) is 0 Å². The molecule has 0 bridgehead atoms. The van der Waals surface area contributed by atoms with Gasteiger partial charge in [-0.2, -0.15) is 5.26 Å². The van der Waals surface area contributed by atoms with E-state index in [9.17, 15) is 0 Å². The van der Waals surface area contributed by atoms with E-state index in [1.807, 2.05) is 6.07 Å². The van der Waals surface area contributed by atoms with Crippen molar-refractivity contribution < 1.29 is 0 Å². The van der Waals surface area contributed by atoms with Gasteiger partial charge in [0.05, 0.1) is 11.6 Å². The van der Waals surface area contributed by atoms with Crippen LogP contribution >= 0.6 is 0 Å². The van der Waals surface area contributed by atoms with Crippen LogP contribution in [0.15, 0.2) is 18.2 Å². The maximum absolute atomic E-state index is 9.11. The summed E-state index contributed by atoms with van der Waals surface area (Å²) in [6.07, 6.45) is 15.7. The molecule has 0 radical (unpaired) electrons. The summed E-state index contributed by atoms with van der Waals surface area (Å²) in [6, 6.07) is 8.69. The van der Waals surface area contributed by atoms with Crippen LogP contribution in [0.2, 0.25) is 0 Å². The van der Waals surface area contributed by atoms with Crippen molar-refractivity contribution in [1.29, 1.82) is 5.26 Å². The number of aryl methyl sites for hydroxylation is 1. The van der Waals surface area contributed by atoms with Crippen LogP contribution in [0.5, 0.6) is 0 Å². The first-order chi connectivity index (χ1) is 12.3. The highest BCUT2D eigenvalue weighted by Gasteiger charge is 2.38. The molecule has 1 aromatic carbocycles. The molecule has 0 heterocycles. The predicted octanol–water partition coefficient (Wildman–Crippen LogP) is 6.30. The summed E-state index contributed by atoms with van der Waals surface area (Å²) in [7, 11) is 0. The zero-order valence-electron chi connectivity index (χ0n) is 15.8. The SMILES string of the molecule is CCCC1CCC2CC(C3CCc4cc(C#N)ccc4C3)CCC2C1. The van der Waals surface area contributed by atoms with E-state index < -0.39 is 0 Å². The highest BCUT2D eigenvalue weighted by Crippen LogP contribution is 2.48. The molecule has 5 atom stereocenters. The molecule has 0 amide bonds. The molecule has 4 rings (SSSR count). The molecule has 2 fully saturated rings. The van der Waals surface area contributed by atoms with Gasteiger partial charge in [-0.15, -0.1) is 0 Å². The first-order valence-corrected chi connectivity index (χ1v) is 10.8. The molecular formula is C24H33N. The lowest BCUT2D eigenvalue weighted by atomic mass is 9.61. The van der Waals surface area contributed by atoms with E-state index in [1.165, 1.54) is 81.8 Å². The molecule has 0 aliphatic heterocycles. The van der Waals surface area contributed by atoms with Crippen molar-refractivity contribution in [2.75, 3.05) is 0 Å². The standard InChI is InChI=1S/C24H33N/c1-2-3-17-4-6-21-14-23(10-8-19(21)12-17)24-11-9-20-13-18(16-25)5-7-22(20)15-24/h5,7,13,17,19,21,23-24H,2-4,6,8-12,14-15H2,1H3. The van der Waals surface area contributed by atoms with Crippen LogP contribution in [0.4, 0.5) is 0 Å². The third-order valence-corrected chi connectivity index (χ3v) is 7.73. The topological polar surface area (TPSA) is 23.8 Å². The maximum atomic E-state index is 9.11. The summed E-state index contributed by atoms with van der Waals surface area (Å²) < 4.78 is 0. The Bertz CT molecular complexity index is 640. The molecule has 5 unspecified atom stereocenters. The molecular weight excluding hydrogens is 302 g/mol. The van der Waals surface area contributed by atoms with E-state index >= 15 is 0 Å². The zero-order chi connectivity index (χ0) is 17.2. The van der Waals surface area contributed by atoms with Crippen molar-refractivity contribution in [3.63, 3.8) is 0 Å². The van der Waals surface area contributed by atoms with Crippen LogP contribution in [0.25, 0.3) is 0 Å². The Morgan fingerprint density at radius 3 is 2.48 bits per heavy atom. The predicted molar refractivity (Wildman–Crippen MR) is 103 cm³/mol. The van der Waals surface area contributed by atoms with Crippen molar-refractivity contribution in [1.82, 2.24) is 0 Å². The fraction of sp³-hybridized carbons (Fsp3) is 0.708. The summed E-state index contributed by atoms with van der Waals surface area (Å²) in [6.45, 7) is 2.35. The average Bonchev–Trinajstić information content (AvgIpc) is 2.67. The Kier molecular flexibility index (Phi) is 5.16. The minimum Gasteiger partial charge on any atom is -0.192 e. The van der Waals surface area contributed by atoms with Crippen molar-refractivity contribution in [3.05, 3.63) is 34.9 Å². The van der Waals surface area contributed by atoms with Gasteiger partial charge in [-0.3, -0.25) is 0 Å². The molecule has 3 aliphatic carbocycles. The quantitative estimate of drug-likeness (QED) is 0.636. The molecule has 1 nitrogen and oxygen atoms in total. The number of hydrogen-bond donors (Lipinski definition) is 0. The summed E-state index contributed by atoms with van der Waals surface area (Å²) >= 11 is 0. The number of fused-ring (bicyclic) bond motifs is 2. The van der Waals surface area contributed by atoms with Gasteiger partial charge < -0.3 is 0 Å². The molecule has 0 spiro atoms. The molecule has 0 N–H and O–H groups in total. The first-order valence-electron chi connectivity index (χ1n) is 10.8. The maximum Gasteiger partial charge on any atom is 0.0991 e. The number of benzene rings is 1. The molecule has 0 aromatic heterocycles. The van der Waals surface area contributed by atoms with Crippen LogP contribution < -0.4 is 0 Å². The smallest absolute Gasteiger partial charge is 0.0991 e. The minimum absolute atomic E-state index is 0.835. The zero-order valence-corrected chi connectivity index (χ0v) is 15.8. The minimum atomic E-state index is 0.835. The monoisotopic (exact) mass is 335 g/mol. The van der Waals surface area contributed by atoms with Crippen LogP contribution in [-0.2, 0) is 12.8 Å². The van der Waals surface area contributed by atoms with Gasteiger partial charge >= 0.3 is 0 Å². The lowest BCUT2D eigenvalue weighted by Gasteiger charge is -2.45. The third kappa shape index (κ3) is 3.64. The van der Waals surface area contributed by atoms with Crippen LogP contribution in [0, 0.1) is 40.9 Å². The fourth-order valence-electron chi connectivity index (χ4n) is 6.38. The summed E-state index contributed by atoms with van der Waals surface area (Å²) in [4.78, 5) is 0. The van der Waals surface area contributed by atoms with E-state index in [0.717, 1.165) is 35.2 Å². The molecule has 25 heavy (non-hydrogen) atoms. The largest absolute Gasteiger partial charge is 0.192 e. The van der Waals surface area contributed by atoms with Crippen molar-refractivity contribution in [2.45, 2.75) is 77.6 Å². The first kappa shape index (κ1) is 17.1. The van der Waals surface area contributed by atoms with Crippen LogP contribution in [-0.4, -0.2) is 0 Å². The van der Waals surface area contributed by atoms with Gasteiger partial charge in [-0.25, -0.2) is 0 Å². The highest BCUT2D eigenvalue weighted by molar-refractivity contribution is 5.39. The van der Waals surface area contributed by atoms with E-state index in [2.05, 4.69) is 25.1 Å². The summed E-state index contributed by atoms with van der Waals surface area (Å²) in [5.74, 6) is 4.99. The molecule has 0 saturated heterocycles. The van der Waals surface area contributed by atoms with Crippen LogP contribution in [0.3, 0.4) is 0 Å². The molecule has 1 heteroatoms. The summed E-state index contributed by atoms with van der Waals surface area (Å²) in [5.41, 5.74) is 3.81. The second-order valence-electron chi connectivity index (χ2n) is 9.16. The Morgan fingerprint density at radius 2 is 1.68 bits per heavy atom. The highest BCUT2D eigenvalue weighted by atomic mass is 14.4. The summed E-state index contributed by atoms with van der Waals surface area (Å²) in [5, 5.41) is 9.11. The number of rotatable bonds is 3. The lowest BCUT2D eigenvalue weighted by Crippen LogP contribution is -2.35. The fourth-order valence-corrected chi connectivity index (χ4v) is 6.38. The third-order valence-electron chi connectivity index (χ3n) is 7.73. The molecule has 2 saturated carbocycles. The van der Waals surface area contributed by atoms with Gasteiger partial charge in [0.2, 0.25) is 0 Å². The van der Waals surface area contributed by atoms with Crippen molar-refractivity contribution >= 4 is 0 Å². The van der Waals surface area contributed by atoms with Crippen molar-refractivity contribution in [2.24, 2.45) is 29.6 Å². The van der Waals surface area contributed by atoms with Gasteiger partial charge in [0.15, 0.2) is 0 Å². The van der Waals surface area contributed by atoms with Gasteiger partial charge in [0.1, 0.15) is 0 Å². The second-order valence-corrected chi connectivity index (χ2v) is 9.16. The Balaban J connectivity index is 1.37. The molecule has 3 aliphatic rings. The lowest BCUT2D eigenvalue weighted by molar-refractivity contribution is 0.0695. The Hall–Kier alpha value is -1.29. The van der Waals surface area contributed by atoms with E-state index in [0.29, 0.717) is 0 Å². The molecule has 134 valence electrons. The normalized spacial score (nSPS) is 34.6. The Labute approximate surface area is 153 Å². The van der Waals surface area contributed by atoms with Gasteiger partial charge in [-0.05, 0) is 104 Å². The average molecular weight is 336 g/mol. The van der Waals surface area contributed by atoms with Gasteiger partial charge in [-0.1, -0.05) is 32.3 Å². The van der Waals surface area contributed by atoms with Gasteiger partial charge in [0.25, 0.3) is 0 Å². The van der Waals surface area contributed by atoms with E-state index in [4.69, 9.17) is 5.26 Å². The van der Waals surface area contributed by atoms with Crippen molar-refractivity contribution in [3.8, 4) is 6.07 Å². The van der Waals surface area contributed by atoms with Crippen LogP contribution in [0.1, 0.15) is 81.4 Å². The Morgan fingerprint density at radius 1 is 0.920 bits per heavy atom. The number of hydrogen-bond acceptors (Lipinski definition) is 1. The molecule has 1 aromatic rings. The number of nitrogens with zero attached hydrogens (tertiary/aromatic N) is 1. The number of nitriles is 1. The second kappa shape index (κ2) is 7.53. The van der Waals surface area contributed by atoms with E-state index in [1.54, 1.807) is 0 Å².